The lowest BCUT2D eigenvalue weighted by atomic mass is 10.1. The maximum atomic E-state index is 10.9. The minimum Gasteiger partial charge on any atom is -0.378 e. The topological polar surface area (TPSA) is 91.6 Å². The van der Waals surface area contributed by atoms with Gasteiger partial charge in [-0.25, -0.2) is 0 Å². The van der Waals surface area contributed by atoms with Crippen molar-refractivity contribution < 1.29 is 4.92 Å². The Kier molecular flexibility index (Phi) is 7.74. The Hall–Kier alpha value is -2.31. The third kappa shape index (κ3) is 6.43. The molecule has 1 aromatic carbocycles. The molecule has 22 heavy (non-hydrogen) atoms. The SMILES string of the molecule is CN=C(NCCNc1ccccc1[N+](=O)[O-])NCCC(C)C. The van der Waals surface area contributed by atoms with E-state index < -0.39 is 0 Å². The summed E-state index contributed by atoms with van der Waals surface area (Å²) in [5.74, 6) is 1.39. The van der Waals surface area contributed by atoms with E-state index in [0.29, 0.717) is 24.7 Å². The molecule has 0 amide bonds. The monoisotopic (exact) mass is 307 g/mol. The molecule has 122 valence electrons. The summed E-state index contributed by atoms with van der Waals surface area (Å²) in [6, 6.07) is 6.62. The smallest absolute Gasteiger partial charge is 0.292 e. The van der Waals surface area contributed by atoms with Crippen molar-refractivity contribution in [2.75, 3.05) is 32.0 Å². The molecule has 0 spiro atoms. The molecule has 0 heterocycles. The standard InChI is InChI=1S/C15H25N5O2/c1-12(2)8-9-18-15(16-3)19-11-10-17-13-6-4-5-7-14(13)20(21)22/h4-7,12,17H,8-11H2,1-3H3,(H2,16,18,19). The maximum absolute atomic E-state index is 10.9. The number of aliphatic imine (C=N–C) groups is 1. The van der Waals surface area contributed by atoms with Gasteiger partial charge in [0.05, 0.1) is 4.92 Å². The fourth-order valence-electron chi connectivity index (χ4n) is 1.86. The van der Waals surface area contributed by atoms with Crippen LogP contribution in [0.25, 0.3) is 0 Å². The van der Waals surface area contributed by atoms with Crippen LogP contribution in [0.5, 0.6) is 0 Å². The number of hydrogen-bond acceptors (Lipinski definition) is 4. The Labute approximate surface area is 131 Å². The van der Waals surface area contributed by atoms with Gasteiger partial charge in [0.2, 0.25) is 0 Å². The molecule has 0 atom stereocenters. The van der Waals surface area contributed by atoms with Gasteiger partial charge in [0, 0.05) is 32.7 Å². The van der Waals surface area contributed by atoms with E-state index in [4.69, 9.17) is 0 Å². The van der Waals surface area contributed by atoms with Crippen molar-refractivity contribution in [2.24, 2.45) is 10.9 Å². The largest absolute Gasteiger partial charge is 0.378 e. The second kappa shape index (κ2) is 9.59. The number of anilines is 1. The van der Waals surface area contributed by atoms with Crippen LogP contribution in [0.4, 0.5) is 11.4 Å². The molecule has 7 nitrogen and oxygen atoms in total. The van der Waals surface area contributed by atoms with E-state index in [0.717, 1.165) is 18.9 Å². The van der Waals surface area contributed by atoms with Crippen LogP contribution in [0.2, 0.25) is 0 Å². The fraction of sp³-hybridized carbons (Fsp3) is 0.533. The second-order valence-electron chi connectivity index (χ2n) is 5.31. The first kappa shape index (κ1) is 17.7. The van der Waals surface area contributed by atoms with Gasteiger partial charge in [-0.15, -0.1) is 0 Å². The molecular formula is C15H25N5O2. The lowest BCUT2D eigenvalue weighted by Crippen LogP contribution is -2.40. The highest BCUT2D eigenvalue weighted by Crippen LogP contribution is 2.22. The van der Waals surface area contributed by atoms with Crippen LogP contribution in [-0.4, -0.2) is 37.6 Å². The van der Waals surface area contributed by atoms with Crippen molar-refractivity contribution in [3.05, 3.63) is 34.4 Å². The summed E-state index contributed by atoms with van der Waals surface area (Å²) in [6.45, 7) is 6.40. The third-order valence-corrected chi connectivity index (χ3v) is 3.07. The molecule has 0 aliphatic carbocycles. The molecule has 3 N–H and O–H groups in total. The van der Waals surface area contributed by atoms with Crippen LogP contribution in [-0.2, 0) is 0 Å². The van der Waals surface area contributed by atoms with Crippen molar-refractivity contribution in [1.29, 1.82) is 0 Å². The fourth-order valence-corrected chi connectivity index (χ4v) is 1.86. The van der Waals surface area contributed by atoms with Gasteiger partial charge >= 0.3 is 0 Å². The van der Waals surface area contributed by atoms with Crippen molar-refractivity contribution in [1.82, 2.24) is 10.6 Å². The summed E-state index contributed by atoms with van der Waals surface area (Å²) in [7, 11) is 1.72. The predicted molar refractivity (Wildman–Crippen MR) is 90.4 cm³/mol. The van der Waals surface area contributed by atoms with E-state index in [1.165, 1.54) is 6.07 Å². The Morgan fingerprint density at radius 1 is 1.23 bits per heavy atom. The van der Waals surface area contributed by atoms with Crippen molar-refractivity contribution >= 4 is 17.3 Å². The first-order valence-electron chi connectivity index (χ1n) is 7.46. The lowest BCUT2D eigenvalue weighted by molar-refractivity contribution is -0.384. The van der Waals surface area contributed by atoms with E-state index in [9.17, 15) is 10.1 Å². The van der Waals surface area contributed by atoms with Crippen LogP contribution in [0.3, 0.4) is 0 Å². The Balaban J connectivity index is 2.34. The van der Waals surface area contributed by atoms with Gasteiger partial charge in [-0.05, 0) is 18.4 Å². The number of guanidine groups is 1. The van der Waals surface area contributed by atoms with Gasteiger partial charge in [-0.2, -0.15) is 0 Å². The van der Waals surface area contributed by atoms with Gasteiger partial charge in [0.1, 0.15) is 5.69 Å². The maximum Gasteiger partial charge on any atom is 0.292 e. The van der Waals surface area contributed by atoms with E-state index in [2.05, 4.69) is 34.8 Å². The highest BCUT2D eigenvalue weighted by molar-refractivity contribution is 5.79. The summed E-state index contributed by atoms with van der Waals surface area (Å²) in [4.78, 5) is 14.6. The average Bonchev–Trinajstić information content (AvgIpc) is 2.49. The zero-order valence-electron chi connectivity index (χ0n) is 13.4. The van der Waals surface area contributed by atoms with Crippen LogP contribution < -0.4 is 16.0 Å². The molecule has 0 saturated heterocycles. The summed E-state index contributed by atoms with van der Waals surface area (Å²) < 4.78 is 0. The molecule has 0 aromatic heterocycles. The molecule has 0 fully saturated rings. The summed E-state index contributed by atoms with van der Waals surface area (Å²) in [5.41, 5.74) is 0.610. The van der Waals surface area contributed by atoms with Crippen LogP contribution in [0, 0.1) is 16.0 Å². The molecule has 0 saturated carbocycles. The normalized spacial score (nSPS) is 11.4. The molecule has 1 rings (SSSR count). The number of para-hydroxylation sites is 2. The Morgan fingerprint density at radius 3 is 2.55 bits per heavy atom. The molecule has 1 aromatic rings. The number of benzene rings is 1. The zero-order chi connectivity index (χ0) is 16.4. The summed E-state index contributed by atoms with van der Waals surface area (Å²) >= 11 is 0. The highest BCUT2D eigenvalue weighted by atomic mass is 16.6. The first-order chi connectivity index (χ1) is 10.5. The number of nitro groups is 1. The van der Waals surface area contributed by atoms with Gasteiger partial charge in [0.15, 0.2) is 5.96 Å². The Bertz CT molecular complexity index is 502. The van der Waals surface area contributed by atoms with E-state index in [1.54, 1.807) is 25.2 Å². The van der Waals surface area contributed by atoms with Crippen LogP contribution >= 0.6 is 0 Å². The van der Waals surface area contributed by atoms with Crippen molar-refractivity contribution in [3.63, 3.8) is 0 Å². The molecule has 7 heteroatoms. The lowest BCUT2D eigenvalue weighted by Gasteiger charge is -2.13. The van der Waals surface area contributed by atoms with Crippen molar-refractivity contribution in [2.45, 2.75) is 20.3 Å². The Morgan fingerprint density at radius 2 is 1.91 bits per heavy atom. The molecule has 0 aliphatic rings. The van der Waals surface area contributed by atoms with Crippen LogP contribution in [0.1, 0.15) is 20.3 Å². The zero-order valence-corrected chi connectivity index (χ0v) is 13.4. The molecule has 0 aliphatic heterocycles. The summed E-state index contributed by atoms with van der Waals surface area (Å²) in [6.07, 6.45) is 1.08. The number of nitrogens with zero attached hydrogens (tertiary/aromatic N) is 2. The molecular weight excluding hydrogens is 282 g/mol. The van der Waals surface area contributed by atoms with Gasteiger partial charge in [0.25, 0.3) is 5.69 Å². The van der Waals surface area contributed by atoms with E-state index >= 15 is 0 Å². The minimum absolute atomic E-state index is 0.0851. The van der Waals surface area contributed by atoms with E-state index in [-0.39, 0.29) is 10.6 Å². The number of rotatable bonds is 8. The minimum atomic E-state index is -0.387. The predicted octanol–water partition coefficient (Wildman–Crippen LogP) is 2.22. The third-order valence-electron chi connectivity index (χ3n) is 3.07. The quantitative estimate of drug-likeness (QED) is 0.225. The number of hydrogen-bond donors (Lipinski definition) is 3. The summed E-state index contributed by atoms with van der Waals surface area (Å²) in [5, 5.41) is 20.4. The van der Waals surface area contributed by atoms with Crippen LogP contribution in [0.15, 0.2) is 29.3 Å². The molecule has 0 radical (unpaired) electrons. The number of nitro benzene ring substituents is 1. The van der Waals surface area contributed by atoms with Gasteiger partial charge in [-0.3, -0.25) is 15.1 Å². The molecule has 0 unspecified atom stereocenters. The average molecular weight is 307 g/mol. The second-order valence-corrected chi connectivity index (χ2v) is 5.31. The highest BCUT2D eigenvalue weighted by Gasteiger charge is 2.11. The van der Waals surface area contributed by atoms with Gasteiger partial charge < -0.3 is 16.0 Å². The molecule has 0 bridgehead atoms. The van der Waals surface area contributed by atoms with E-state index in [1.807, 2.05) is 0 Å². The first-order valence-corrected chi connectivity index (χ1v) is 7.46. The number of nitrogens with one attached hydrogen (secondary N) is 3. The van der Waals surface area contributed by atoms with Gasteiger partial charge in [-0.1, -0.05) is 26.0 Å². The van der Waals surface area contributed by atoms with Crippen molar-refractivity contribution in [3.8, 4) is 0 Å².